The second kappa shape index (κ2) is 7.93. The lowest BCUT2D eigenvalue weighted by Crippen LogP contribution is -2.38. The summed E-state index contributed by atoms with van der Waals surface area (Å²) in [6.45, 7) is 7.58. The molecule has 7 nitrogen and oxygen atoms in total. The van der Waals surface area contributed by atoms with Crippen LogP contribution in [0.1, 0.15) is 24.2 Å². The third-order valence-corrected chi connectivity index (χ3v) is 4.42. The molecule has 1 aliphatic rings. The van der Waals surface area contributed by atoms with Gasteiger partial charge in [0, 0.05) is 31.9 Å². The van der Waals surface area contributed by atoms with Gasteiger partial charge in [-0.05, 0) is 46.9 Å². The summed E-state index contributed by atoms with van der Waals surface area (Å²) in [5.74, 6) is 1.63. The molecule has 136 valence electrons. The lowest BCUT2D eigenvalue weighted by atomic mass is 10.2. The van der Waals surface area contributed by atoms with Crippen LogP contribution in [0.4, 0.5) is 5.82 Å². The summed E-state index contributed by atoms with van der Waals surface area (Å²) in [6.07, 6.45) is 6.13. The minimum atomic E-state index is 0.279. The van der Waals surface area contributed by atoms with Gasteiger partial charge in [-0.2, -0.15) is 5.10 Å². The van der Waals surface area contributed by atoms with Crippen LogP contribution in [-0.2, 0) is 4.74 Å². The van der Waals surface area contributed by atoms with E-state index in [-0.39, 0.29) is 6.10 Å². The van der Waals surface area contributed by atoms with Gasteiger partial charge in [0.2, 0.25) is 0 Å². The highest BCUT2D eigenvalue weighted by atomic mass is 16.5. The number of nitrogens with zero attached hydrogens (tertiary/aromatic N) is 6. The molecule has 25 heavy (non-hydrogen) atoms. The topological polar surface area (TPSA) is 59.3 Å². The van der Waals surface area contributed by atoms with Gasteiger partial charge >= 0.3 is 0 Å². The Morgan fingerprint density at radius 2 is 2.08 bits per heavy atom. The van der Waals surface area contributed by atoms with E-state index in [1.807, 2.05) is 30.8 Å². The third kappa shape index (κ3) is 4.55. The summed E-state index contributed by atoms with van der Waals surface area (Å²) >= 11 is 0. The average molecular weight is 344 g/mol. The van der Waals surface area contributed by atoms with Crippen LogP contribution in [0.2, 0.25) is 0 Å². The zero-order valence-corrected chi connectivity index (χ0v) is 15.6. The average Bonchev–Trinajstić information content (AvgIpc) is 3.20. The van der Waals surface area contributed by atoms with E-state index in [1.54, 1.807) is 6.20 Å². The Morgan fingerprint density at radius 3 is 2.72 bits per heavy atom. The maximum absolute atomic E-state index is 5.83. The Labute approximate surface area is 149 Å². The molecule has 1 fully saturated rings. The van der Waals surface area contributed by atoms with Gasteiger partial charge in [0.15, 0.2) is 5.82 Å². The molecule has 0 N–H and O–H groups in total. The van der Waals surface area contributed by atoms with E-state index in [1.165, 1.54) is 0 Å². The van der Waals surface area contributed by atoms with Crippen LogP contribution in [0.3, 0.4) is 0 Å². The van der Waals surface area contributed by atoms with Gasteiger partial charge in [-0.15, -0.1) is 0 Å². The van der Waals surface area contributed by atoms with Crippen molar-refractivity contribution in [2.75, 3.05) is 45.2 Å². The summed E-state index contributed by atoms with van der Waals surface area (Å²) in [7, 11) is 4.17. The number of likely N-dealkylation sites (N-methyl/N-ethyl adjacent to an activating group) is 1. The Bertz CT molecular complexity index is 693. The van der Waals surface area contributed by atoms with Crippen LogP contribution in [0.15, 0.2) is 18.5 Å². The van der Waals surface area contributed by atoms with Crippen LogP contribution in [0.5, 0.6) is 0 Å². The van der Waals surface area contributed by atoms with Crippen LogP contribution >= 0.6 is 0 Å². The van der Waals surface area contributed by atoms with Crippen molar-refractivity contribution in [1.82, 2.24) is 24.6 Å². The van der Waals surface area contributed by atoms with Gasteiger partial charge < -0.3 is 14.5 Å². The molecule has 1 unspecified atom stereocenters. The number of hydrogen-bond acceptors (Lipinski definition) is 6. The molecule has 3 rings (SSSR count). The fraction of sp³-hybridized carbons (Fsp3) is 0.611. The van der Waals surface area contributed by atoms with Gasteiger partial charge in [-0.25, -0.2) is 9.67 Å². The van der Waals surface area contributed by atoms with E-state index in [9.17, 15) is 0 Å². The number of rotatable bonds is 7. The van der Waals surface area contributed by atoms with Crippen molar-refractivity contribution in [3.8, 4) is 5.82 Å². The predicted octanol–water partition coefficient (Wildman–Crippen LogP) is 1.83. The minimum Gasteiger partial charge on any atom is -0.376 e. The van der Waals surface area contributed by atoms with Gasteiger partial charge in [-0.1, -0.05) is 0 Å². The Balaban J connectivity index is 1.83. The third-order valence-electron chi connectivity index (χ3n) is 4.42. The highest BCUT2D eigenvalue weighted by Crippen LogP contribution is 2.19. The molecule has 0 bridgehead atoms. The molecular weight excluding hydrogens is 316 g/mol. The molecule has 2 aromatic rings. The highest BCUT2D eigenvalue weighted by Gasteiger charge is 2.21. The van der Waals surface area contributed by atoms with Gasteiger partial charge in [0.1, 0.15) is 5.82 Å². The standard InChI is InChI=1S/C18H28N6O/c1-14-10-15(2)24(21-14)18-12-19-11-17(20-18)23(8-7-22(3)4)13-16-6-5-9-25-16/h10-12,16H,5-9,13H2,1-4H3. The molecule has 0 amide bonds. The van der Waals surface area contributed by atoms with E-state index in [2.05, 4.69) is 34.0 Å². The summed E-state index contributed by atoms with van der Waals surface area (Å²) in [5.41, 5.74) is 2.04. The Morgan fingerprint density at radius 1 is 1.24 bits per heavy atom. The van der Waals surface area contributed by atoms with E-state index < -0.39 is 0 Å². The summed E-state index contributed by atoms with van der Waals surface area (Å²) in [4.78, 5) is 13.7. The molecule has 1 saturated heterocycles. The molecule has 0 aliphatic carbocycles. The second-order valence-corrected chi connectivity index (χ2v) is 6.96. The Kier molecular flexibility index (Phi) is 5.65. The summed E-state index contributed by atoms with van der Waals surface area (Å²) < 4.78 is 7.68. The van der Waals surface area contributed by atoms with Crippen LogP contribution in [-0.4, -0.2) is 71.1 Å². The van der Waals surface area contributed by atoms with Crippen molar-refractivity contribution in [2.45, 2.75) is 32.8 Å². The first kappa shape index (κ1) is 17.8. The number of aryl methyl sites for hydroxylation is 2. The molecule has 7 heteroatoms. The van der Waals surface area contributed by atoms with Crippen molar-refractivity contribution in [3.63, 3.8) is 0 Å². The maximum Gasteiger partial charge on any atom is 0.174 e. The molecule has 0 saturated carbocycles. The smallest absolute Gasteiger partial charge is 0.174 e. The molecular formula is C18H28N6O. The van der Waals surface area contributed by atoms with Crippen molar-refractivity contribution in [1.29, 1.82) is 0 Å². The quantitative estimate of drug-likeness (QED) is 0.764. The van der Waals surface area contributed by atoms with Crippen LogP contribution in [0.25, 0.3) is 5.82 Å². The SMILES string of the molecule is Cc1cc(C)n(-c2cncc(N(CCN(C)C)CC3CCCO3)n2)n1. The number of anilines is 1. The van der Waals surface area contributed by atoms with E-state index in [0.717, 1.165) is 62.1 Å². The second-order valence-electron chi connectivity index (χ2n) is 6.96. The number of ether oxygens (including phenoxy) is 1. The van der Waals surface area contributed by atoms with Crippen LogP contribution < -0.4 is 4.90 Å². The molecule has 3 heterocycles. The fourth-order valence-corrected chi connectivity index (χ4v) is 3.12. The first-order valence-electron chi connectivity index (χ1n) is 8.90. The summed E-state index contributed by atoms with van der Waals surface area (Å²) in [6, 6.07) is 2.05. The molecule has 1 atom stereocenters. The van der Waals surface area contributed by atoms with Crippen molar-refractivity contribution < 1.29 is 4.74 Å². The van der Waals surface area contributed by atoms with Crippen molar-refractivity contribution >= 4 is 5.82 Å². The zero-order chi connectivity index (χ0) is 17.8. The first-order valence-corrected chi connectivity index (χ1v) is 8.90. The van der Waals surface area contributed by atoms with Crippen molar-refractivity contribution in [2.24, 2.45) is 0 Å². The van der Waals surface area contributed by atoms with Gasteiger partial charge in [0.05, 0.1) is 24.2 Å². The fourth-order valence-electron chi connectivity index (χ4n) is 3.12. The molecule has 2 aromatic heterocycles. The molecule has 1 aliphatic heterocycles. The van der Waals surface area contributed by atoms with Crippen LogP contribution in [0, 0.1) is 13.8 Å². The van der Waals surface area contributed by atoms with Gasteiger partial charge in [0.25, 0.3) is 0 Å². The Hall–Kier alpha value is -1.99. The number of aromatic nitrogens is 4. The molecule has 0 aromatic carbocycles. The lowest BCUT2D eigenvalue weighted by molar-refractivity contribution is 0.115. The van der Waals surface area contributed by atoms with E-state index >= 15 is 0 Å². The largest absolute Gasteiger partial charge is 0.376 e. The predicted molar refractivity (Wildman–Crippen MR) is 98.4 cm³/mol. The first-order chi connectivity index (χ1) is 12.0. The van der Waals surface area contributed by atoms with Crippen molar-refractivity contribution in [3.05, 3.63) is 29.8 Å². The monoisotopic (exact) mass is 344 g/mol. The zero-order valence-electron chi connectivity index (χ0n) is 15.6. The van der Waals surface area contributed by atoms with E-state index in [4.69, 9.17) is 9.72 Å². The molecule has 0 spiro atoms. The number of hydrogen-bond donors (Lipinski definition) is 0. The van der Waals surface area contributed by atoms with Gasteiger partial charge in [-0.3, -0.25) is 4.98 Å². The maximum atomic E-state index is 5.83. The minimum absolute atomic E-state index is 0.279. The van der Waals surface area contributed by atoms with E-state index in [0.29, 0.717) is 0 Å². The normalized spacial score (nSPS) is 17.4. The lowest BCUT2D eigenvalue weighted by Gasteiger charge is -2.27. The summed E-state index contributed by atoms with van der Waals surface area (Å²) in [5, 5.41) is 4.52. The molecule has 0 radical (unpaired) electrons. The highest BCUT2D eigenvalue weighted by molar-refractivity contribution is 5.40.